The van der Waals surface area contributed by atoms with Crippen molar-refractivity contribution in [3.05, 3.63) is 35.4 Å². The Morgan fingerprint density at radius 1 is 1.19 bits per heavy atom. The van der Waals surface area contributed by atoms with Gasteiger partial charge in [0.2, 0.25) is 0 Å². The van der Waals surface area contributed by atoms with Crippen LogP contribution in [0.1, 0.15) is 22.3 Å². The molecule has 9 nitrogen and oxygen atoms in total. The number of carbonyl (C=O) groups is 3. The topological polar surface area (TPSA) is 109 Å². The van der Waals surface area contributed by atoms with E-state index in [9.17, 15) is 14.4 Å². The molecule has 1 aromatic carbocycles. The maximum absolute atomic E-state index is 11.7. The van der Waals surface area contributed by atoms with Crippen molar-refractivity contribution >= 4 is 24.0 Å². The number of benzene rings is 1. The maximum Gasteiger partial charge on any atom is 0.337 e. The van der Waals surface area contributed by atoms with Gasteiger partial charge in [-0.05, 0) is 30.7 Å². The second-order valence-electron chi connectivity index (χ2n) is 5.88. The van der Waals surface area contributed by atoms with Gasteiger partial charge in [0, 0.05) is 19.6 Å². The average molecular weight is 376 g/mol. The third kappa shape index (κ3) is 7.16. The quantitative estimate of drug-likeness (QED) is 0.224. The van der Waals surface area contributed by atoms with Crippen LogP contribution < -0.4 is 10.7 Å². The molecule has 146 valence electrons. The minimum atomic E-state index is -0.830. The summed E-state index contributed by atoms with van der Waals surface area (Å²) in [6, 6.07) is 6.45. The molecular formula is C18H24N4O5. The Hall–Kier alpha value is -2.78. The van der Waals surface area contributed by atoms with Crippen molar-refractivity contribution in [1.82, 2.24) is 15.6 Å². The summed E-state index contributed by atoms with van der Waals surface area (Å²) in [7, 11) is 1.31. The molecule has 1 aliphatic rings. The number of morpholine rings is 1. The van der Waals surface area contributed by atoms with Gasteiger partial charge in [-0.25, -0.2) is 10.2 Å². The molecule has 2 N–H and O–H groups in total. The highest BCUT2D eigenvalue weighted by molar-refractivity contribution is 6.35. The zero-order valence-corrected chi connectivity index (χ0v) is 15.3. The number of nitrogens with zero attached hydrogens (tertiary/aromatic N) is 2. The van der Waals surface area contributed by atoms with Crippen molar-refractivity contribution in [2.24, 2.45) is 5.10 Å². The van der Waals surface area contributed by atoms with Gasteiger partial charge < -0.3 is 14.8 Å². The molecule has 1 fully saturated rings. The predicted octanol–water partition coefficient (Wildman–Crippen LogP) is -0.238. The summed E-state index contributed by atoms with van der Waals surface area (Å²) in [6.07, 6.45) is 2.14. The Morgan fingerprint density at radius 3 is 2.56 bits per heavy atom. The molecule has 2 amide bonds. The lowest BCUT2D eigenvalue weighted by atomic mass is 10.1. The van der Waals surface area contributed by atoms with Crippen LogP contribution in [0.4, 0.5) is 0 Å². The largest absolute Gasteiger partial charge is 0.465 e. The molecule has 0 aliphatic carbocycles. The molecule has 0 unspecified atom stereocenters. The van der Waals surface area contributed by atoms with Crippen molar-refractivity contribution < 1.29 is 23.9 Å². The van der Waals surface area contributed by atoms with Crippen LogP contribution in [0.3, 0.4) is 0 Å². The van der Waals surface area contributed by atoms with Gasteiger partial charge in [0.05, 0.1) is 32.1 Å². The maximum atomic E-state index is 11.7. The predicted molar refractivity (Wildman–Crippen MR) is 98.4 cm³/mol. The minimum absolute atomic E-state index is 0.412. The zero-order chi connectivity index (χ0) is 19.5. The highest BCUT2D eigenvalue weighted by Crippen LogP contribution is 2.03. The first-order valence-corrected chi connectivity index (χ1v) is 8.70. The first kappa shape index (κ1) is 20.5. The van der Waals surface area contributed by atoms with Gasteiger partial charge in [-0.15, -0.1) is 0 Å². The SMILES string of the molecule is COC(=O)c1ccc(C=NNC(=O)C(=O)NCCCN2CCOCC2)cc1. The van der Waals surface area contributed by atoms with Gasteiger partial charge in [0.25, 0.3) is 0 Å². The van der Waals surface area contributed by atoms with Crippen LogP contribution in [-0.4, -0.2) is 75.4 Å². The molecule has 27 heavy (non-hydrogen) atoms. The lowest BCUT2D eigenvalue weighted by molar-refractivity contribution is -0.139. The van der Waals surface area contributed by atoms with Crippen LogP contribution in [0, 0.1) is 0 Å². The first-order valence-electron chi connectivity index (χ1n) is 8.70. The Bertz CT molecular complexity index is 669. The number of carbonyl (C=O) groups excluding carboxylic acids is 3. The minimum Gasteiger partial charge on any atom is -0.465 e. The highest BCUT2D eigenvalue weighted by atomic mass is 16.5. The smallest absolute Gasteiger partial charge is 0.337 e. The zero-order valence-electron chi connectivity index (χ0n) is 15.3. The summed E-state index contributed by atoms with van der Waals surface area (Å²) in [5.74, 6) is -1.99. The van der Waals surface area contributed by atoms with E-state index in [4.69, 9.17) is 4.74 Å². The van der Waals surface area contributed by atoms with E-state index in [0.717, 1.165) is 39.3 Å². The number of nitrogens with one attached hydrogen (secondary N) is 2. The Balaban J connectivity index is 1.65. The molecule has 0 aromatic heterocycles. The number of ether oxygens (including phenoxy) is 2. The van der Waals surface area contributed by atoms with Crippen LogP contribution in [0.2, 0.25) is 0 Å². The fourth-order valence-electron chi connectivity index (χ4n) is 2.45. The third-order valence-electron chi connectivity index (χ3n) is 3.96. The lowest BCUT2D eigenvalue weighted by Gasteiger charge is -2.26. The van der Waals surface area contributed by atoms with E-state index in [1.54, 1.807) is 24.3 Å². The molecule has 0 radical (unpaired) electrons. The van der Waals surface area contributed by atoms with Crippen molar-refractivity contribution in [3.63, 3.8) is 0 Å². The molecule has 0 spiro atoms. The number of rotatable bonds is 7. The first-order chi connectivity index (χ1) is 13.1. The summed E-state index contributed by atoms with van der Waals surface area (Å²) >= 11 is 0. The summed E-state index contributed by atoms with van der Waals surface area (Å²) in [6.45, 7) is 4.52. The fourth-order valence-corrected chi connectivity index (χ4v) is 2.45. The molecule has 2 rings (SSSR count). The number of hydrogen-bond donors (Lipinski definition) is 2. The number of esters is 1. The van der Waals surface area contributed by atoms with E-state index in [1.807, 2.05) is 0 Å². The highest BCUT2D eigenvalue weighted by Gasteiger charge is 2.13. The van der Waals surface area contributed by atoms with Crippen LogP contribution in [0.25, 0.3) is 0 Å². The summed E-state index contributed by atoms with van der Waals surface area (Å²) < 4.78 is 9.88. The summed E-state index contributed by atoms with van der Waals surface area (Å²) in [5.41, 5.74) is 3.24. The van der Waals surface area contributed by atoms with Crippen LogP contribution >= 0.6 is 0 Å². The standard InChI is InChI=1S/C18H24N4O5/c1-26-18(25)15-5-3-14(4-6-15)13-20-21-17(24)16(23)19-7-2-8-22-9-11-27-12-10-22/h3-6,13H,2,7-12H2,1H3,(H,19,23)(H,21,24). The van der Waals surface area contributed by atoms with E-state index in [1.165, 1.54) is 13.3 Å². The van der Waals surface area contributed by atoms with Crippen molar-refractivity contribution in [2.45, 2.75) is 6.42 Å². The number of hydrazone groups is 1. The molecule has 1 aliphatic heterocycles. The van der Waals surface area contributed by atoms with E-state index in [-0.39, 0.29) is 0 Å². The second-order valence-corrected chi connectivity index (χ2v) is 5.88. The summed E-state index contributed by atoms with van der Waals surface area (Å²) in [4.78, 5) is 37.0. The Labute approximate surface area is 157 Å². The van der Waals surface area contributed by atoms with E-state index in [2.05, 4.69) is 25.5 Å². The molecule has 0 atom stereocenters. The Kier molecular flexibility index (Phi) is 8.40. The van der Waals surface area contributed by atoms with Gasteiger partial charge in [-0.1, -0.05) is 12.1 Å². The van der Waals surface area contributed by atoms with Gasteiger partial charge in [0.15, 0.2) is 0 Å². The van der Waals surface area contributed by atoms with Crippen molar-refractivity contribution in [1.29, 1.82) is 0 Å². The molecular weight excluding hydrogens is 352 g/mol. The molecule has 0 saturated carbocycles. The lowest BCUT2D eigenvalue weighted by Crippen LogP contribution is -2.40. The van der Waals surface area contributed by atoms with Gasteiger partial charge in [-0.2, -0.15) is 5.10 Å². The molecule has 1 saturated heterocycles. The molecule has 1 aromatic rings. The van der Waals surface area contributed by atoms with E-state index >= 15 is 0 Å². The molecule has 9 heteroatoms. The van der Waals surface area contributed by atoms with E-state index < -0.39 is 17.8 Å². The third-order valence-corrected chi connectivity index (χ3v) is 3.96. The molecule has 1 heterocycles. The normalized spacial score (nSPS) is 14.7. The number of hydrogen-bond acceptors (Lipinski definition) is 7. The van der Waals surface area contributed by atoms with Gasteiger partial charge >= 0.3 is 17.8 Å². The monoisotopic (exact) mass is 376 g/mol. The summed E-state index contributed by atoms with van der Waals surface area (Å²) in [5, 5.41) is 6.30. The Morgan fingerprint density at radius 2 is 1.89 bits per heavy atom. The number of amides is 2. The average Bonchev–Trinajstić information content (AvgIpc) is 2.71. The molecule has 0 bridgehead atoms. The van der Waals surface area contributed by atoms with Crippen molar-refractivity contribution in [2.75, 3.05) is 46.5 Å². The van der Waals surface area contributed by atoms with Gasteiger partial charge in [0.1, 0.15) is 0 Å². The van der Waals surface area contributed by atoms with Crippen LogP contribution in [0.15, 0.2) is 29.4 Å². The fraction of sp³-hybridized carbons (Fsp3) is 0.444. The van der Waals surface area contributed by atoms with E-state index in [0.29, 0.717) is 17.7 Å². The van der Waals surface area contributed by atoms with Crippen molar-refractivity contribution in [3.8, 4) is 0 Å². The van der Waals surface area contributed by atoms with Crippen LogP contribution in [-0.2, 0) is 19.1 Å². The second kappa shape index (κ2) is 11.0. The van der Waals surface area contributed by atoms with Gasteiger partial charge in [-0.3, -0.25) is 14.5 Å². The number of methoxy groups -OCH3 is 1. The van der Waals surface area contributed by atoms with Crippen LogP contribution in [0.5, 0.6) is 0 Å².